The predicted octanol–water partition coefficient (Wildman–Crippen LogP) is 0.477. The quantitative estimate of drug-likeness (QED) is 0.566. The Kier molecular flexibility index (Phi) is 5.74. The van der Waals surface area contributed by atoms with Gasteiger partial charge in [-0.1, -0.05) is 26.7 Å². The van der Waals surface area contributed by atoms with Crippen LogP contribution in [0.3, 0.4) is 0 Å². The van der Waals surface area contributed by atoms with Crippen LogP contribution in [0, 0.1) is 17.8 Å². The molecule has 2 aliphatic rings. The van der Waals surface area contributed by atoms with Crippen LogP contribution in [-0.4, -0.2) is 48.3 Å². The Bertz CT molecular complexity index is 479. The van der Waals surface area contributed by atoms with Crippen LogP contribution in [0.25, 0.3) is 0 Å². The highest BCUT2D eigenvalue weighted by Gasteiger charge is 2.48. The van der Waals surface area contributed by atoms with E-state index in [1.54, 1.807) is 0 Å². The molecular weight excluding hydrogens is 300 g/mol. The smallest absolute Gasteiger partial charge is 0.326 e. The second-order valence-electron chi connectivity index (χ2n) is 6.62. The first kappa shape index (κ1) is 17.4. The molecule has 1 saturated heterocycles. The van der Waals surface area contributed by atoms with Crippen LogP contribution >= 0.6 is 0 Å². The van der Waals surface area contributed by atoms with Crippen molar-refractivity contribution in [3.05, 3.63) is 0 Å². The molecule has 0 aromatic rings. The van der Waals surface area contributed by atoms with Crippen LogP contribution in [0.1, 0.15) is 39.5 Å². The lowest BCUT2D eigenvalue weighted by molar-refractivity contribution is -0.154. The first-order chi connectivity index (χ1) is 10.9. The van der Waals surface area contributed by atoms with Crippen molar-refractivity contribution >= 4 is 23.7 Å². The molecule has 0 aromatic carbocycles. The number of likely N-dealkylation sites (tertiary alicyclic amines) is 1. The van der Waals surface area contributed by atoms with Crippen molar-refractivity contribution in [3.8, 4) is 0 Å². The van der Waals surface area contributed by atoms with E-state index < -0.39 is 19.1 Å². The Morgan fingerprint density at radius 2 is 1.74 bits per heavy atom. The van der Waals surface area contributed by atoms with Crippen LogP contribution in [-0.2, 0) is 23.9 Å². The van der Waals surface area contributed by atoms with Gasteiger partial charge in [0.05, 0.1) is 11.8 Å². The van der Waals surface area contributed by atoms with Gasteiger partial charge in [0.15, 0.2) is 6.61 Å². The van der Waals surface area contributed by atoms with Crippen LogP contribution in [0.4, 0.5) is 0 Å². The number of nitrogens with zero attached hydrogens (tertiary/aromatic N) is 1. The van der Waals surface area contributed by atoms with Gasteiger partial charge in [0.25, 0.3) is 5.91 Å². The van der Waals surface area contributed by atoms with Crippen LogP contribution in [0.15, 0.2) is 0 Å². The Hall–Kier alpha value is -1.92. The molecular formula is C16H24N2O5. The van der Waals surface area contributed by atoms with E-state index in [2.05, 4.69) is 5.32 Å². The van der Waals surface area contributed by atoms with Crippen LogP contribution < -0.4 is 5.32 Å². The molecule has 7 heteroatoms. The van der Waals surface area contributed by atoms with Gasteiger partial charge in [-0.25, -0.2) is 0 Å². The second-order valence-corrected chi connectivity index (χ2v) is 6.62. The summed E-state index contributed by atoms with van der Waals surface area (Å²) in [6.07, 6.45) is 3.29. The second kappa shape index (κ2) is 7.57. The number of fused-ring (bicyclic) bond motifs is 1. The molecule has 1 aliphatic carbocycles. The van der Waals surface area contributed by atoms with Gasteiger partial charge in [-0.15, -0.1) is 0 Å². The van der Waals surface area contributed by atoms with E-state index in [9.17, 15) is 19.2 Å². The van der Waals surface area contributed by atoms with Crippen molar-refractivity contribution in [2.45, 2.75) is 39.5 Å². The number of nitrogens with one attached hydrogen (secondary N) is 1. The minimum absolute atomic E-state index is 0.277. The Morgan fingerprint density at radius 1 is 1.17 bits per heavy atom. The van der Waals surface area contributed by atoms with Gasteiger partial charge in [-0.05, 0) is 18.8 Å². The zero-order valence-electron chi connectivity index (χ0n) is 13.7. The summed E-state index contributed by atoms with van der Waals surface area (Å²) in [5.41, 5.74) is 0. The number of hydrogen-bond acceptors (Lipinski definition) is 5. The highest BCUT2D eigenvalue weighted by Crippen LogP contribution is 2.37. The first-order valence-electron chi connectivity index (χ1n) is 8.17. The van der Waals surface area contributed by atoms with Crippen molar-refractivity contribution in [2.24, 2.45) is 17.8 Å². The number of hydrogen-bond donors (Lipinski definition) is 1. The molecule has 0 radical (unpaired) electrons. The minimum atomic E-state index is -0.731. The number of amides is 3. The highest BCUT2D eigenvalue weighted by molar-refractivity contribution is 6.07. The van der Waals surface area contributed by atoms with Crippen molar-refractivity contribution in [1.29, 1.82) is 0 Å². The number of rotatable bonds is 6. The lowest BCUT2D eigenvalue weighted by Crippen LogP contribution is -2.38. The summed E-state index contributed by atoms with van der Waals surface area (Å²) in [5, 5.41) is 2.63. The summed E-state index contributed by atoms with van der Waals surface area (Å²) in [6.45, 7) is 3.62. The number of esters is 1. The third-order valence-corrected chi connectivity index (χ3v) is 4.29. The molecule has 1 saturated carbocycles. The molecule has 128 valence electrons. The fraction of sp³-hybridized carbons (Fsp3) is 0.750. The topological polar surface area (TPSA) is 92.8 Å². The third kappa shape index (κ3) is 4.30. The van der Waals surface area contributed by atoms with Crippen LogP contribution in [0.2, 0.25) is 0 Å². The van der Waals surface area contributed by atoms with Gasteiger partial charge in [0.1, 0.15) is 6.54 Å². The molecule has 1 N–H and O–H groups in total. The summed E-state index contributed by atoms with van der Waals surface area (Å²) < 4.78 is 4.85. The van der Waals surface area contributed by atoms with Crippen molar-refractivity contribution in [3.63, 3.8) is 0 Å². The Labute approximate surface area is 135 Å². The maximum atomic E-state index is 12.2. The van der Waals surface area contributed by atoms with E-state index in [4.69, 9.17) is 4.74 Å². The largest absolute Gasteiger partial charge is 0.454 e. The molecule has 2 fully saturated rings. The molecule has 2 rings (SSSR count). The first-order valence-corrected chi connectivity index (χ1v) is 8.17. The zero-order chi connectivity index (χ0) is 17.0. The average molecular weight is 324 g/mol. The van der Waals surface area contributed by atoms with Gasteiger partial charge >= 0.3 is 5.97 Å². The van der Waals surface area contributed by atoms with Crippen molar-refractivity contribution in [1.82, 2.24) is 10.2 Å². The molecule has 1 aliphatic heterocycles. The molecule has 7 nitrogen and oxygen atoms in total. The van der Waals surface area contributed by atoms with Gasteiger partial charge in [-0.3, -0.25) is 24.1 Å². The lowest BCUT2D eigenvalue weighted by atomic mass is 9.81. The summed E-state index contributed by atoms with van der Waals surface area (Å²) in [6, 6.07) is 0. The summed E-state index contributed by atoms with van der Waals surface area (Å²) in [4.78, 5) is 48.7. The van der Waals surface area contributed by atoms with E-state index >= 15 is 0 Å². The molecule has 0 spiro atoms. The average Bonchev–Trinajstić information content (AvgIpc) is 2.76. The Morgan fingerprint density at radius 3 is 2.26 bits per heavy atom. The fourth-order valence-corrected chi connectivity index (χ4v) is 3.08. The normalized spacial score (nSPS) is 23.9. The molecule has 3 amide bonds. The van der Waals surface area contributed by atoms with Gasteiger partial charge in [-0.2, -0.15) is 0 Å². The van der Waals surface area contributed by atoms with Crippen LogP contribution in [0.5, 0.6) is 0 Å². The van der Waals surface area contributed by atoms with E-state index in [0.717, 1.165) is 17.7 Å². The summed E-state index contributed by atoms with van der Waals surface area (Å²) in [7, 11) is 0. The van der Waals surface area contributed by atoms with Gasteiger partial charge < -0.3 is 10.1 Å². The van der Waals surface area contributed by atoms with Crippen molar-refractivity contribution < 1.29 is 23.9 Å². The van der Waals surface area contributed by atoms with Gasteiger partial charge in [0.2, 0.25) is 11.8 Å². The Balaban J connectivity index is 1.80. The molecule has 0 bridgehead atoms. The number of carbonyl (C=O) groups excluding carboxylic acids is 4. The van der Waals surface area contributed by atoms with E-state index in [1.165, 1.54) is 0 Å². The summed E-state index contributed by atoms with van der Waals surface area (Å²) >= 11 is 0. The lowest BCUT2D eigenvalue weighted by Gasteiger charge is -2.19. The monoisotopic (exact) mass is 324 g/mol. The highest BCUT2D eigenvalue weighted by atomic mass is 16.5. The van der Waals surface area contributed by atoms with Gasteiger partial charge in [0, 0.05) is 6.54 Å². The molecule has 23 heavy (non-hydrogen) atoms. The number of carbonyl (C=O) groups is 4. The molecule has 1 heterocycles. The van der Waals surface area contributed by atoms with E-state index in [-0.39, 0.29) is 29.6 Å². The molecule has 0 aromatic heterocycles. The number of imide groups is 1. The van der Waals surface area contributed by atoms with Crippen molar-refractivity contribution in [2.75, 3.05) is 19.7 Å². The predicted molar refractivity (Wildman–Crippen MR) is 81.0 cm³/mol. The number of ether oxygens (including phenoxy) is 1. The minimum Gasteiger partial charge on any atom is -0.454 e. The molecule has 2 atom stereocenters. The summed E-state index contributed by atoms with van der Waals surface area (Å²) in [5.74, 6) is -1.93. The SMILES string of the molecule is CC(C)CNC(=O)COC(=O)CN1C(=O)[C@H]2CCCC[C@@H]2C1=O. The van der Waals surface area contributed by atoms with E-state index in [1.807, 2.05) is 13.8 Å². The van der Waals surface area contributed by atoms with E-state index in [0.29, 0.717) is 25.3 Å². The molecule has 0 unspecified atom stereocenters. The standard InChI is InChI=1S/C16H24N2O5/c1-10(2)7-17-13(19)9-23-14(20)8-18-15(21)11-5-3-4-6-12(11)16(18)22/h10-12H,3-9H2,1-2H3,(H,17,19)/t11-,12-/m0/s1. The fourth-order valence-electron chi connectivity index (χ4n) is 3.08. The maximum Gasteiger partial charge on any atom is 0.326 e. The maximum absolute atomic E-state index is 12.2. The third-order valence-electron chi connectivity index (χ3n) is 4.29. The zero-order valence-corrected chi connectivity index (χ0v) is 13.7.